The Morgan fingerprint density at radius 1 is 1.08 bits per heavy atom. The molecule has 3 rings (SSSR count). The molecule has 24 heavy (non-hydrogen) atoms. The predicted molar refractivity (Wildman–Crippen MR) is 91.7 cm³/mol. The molecule has 126 valence electrons. The van der Waals surface area contributed by atoms with Gasteiger partial charge < -0.3 is 14.8 Å². The van der Waals surface area contributed by atoms with E-state index < -0.39 is 11.2 Å². The fraction of sp³-hybridized carbons (Fsp3) is 0.353. The number of aromatic amines is 2. The first-order valence-corrected chi connectivity index (χ1v) is 7.90. The molecular formula is C17H20N4O3. The van der Waals surface area contributed by atoms with Crippen LogP contribution < -0.4 is 16.1 Å². The number of rotatable bonds is 2. The second kappa shape index (κ2) is 6.35. The van der Waals surface area contributed by atoms with E-state index in [4.69, 9.17) is 0 Å². The Balaban J connectivity index is 1.73. The zero-order valence-corrected chi connectivity index (χ0v) is 13.8. The molecule has 0 unspecified atom stereocenters. The van der Waals surface area contributed by atoms with Gasteiger partial charge in [0, 0.05) is 38.1 Å². The fourth-order valence-electron chi connectivity index (χ4n) is 2.97. The Morgan fingerprint density at radius 3 is 2.46 bits per heavy atom. The highest BCUT2D eigenvalue weighted by atomic mass is 16.2. The van der Waals surface area contributed by atoms with Gasteiger partial charge in [0.1, 0.15) is 5.56 Å². The van der Waals surface area contributed by atoms with Crippen LogP contribution in [0.15, 0.2) is 34.0 Å². The van der Waals surface area contributed by atoms with E-state index in [-0.39, 0.29) is 11.5 Å². The number of hydrogen-bond acceptors (Lipinski definition) is 4. The molecular weight excluding hydrogens is 308 g/mol. The third-order valence-electron chi connectivity index (χ3n) is 4.53. The zero-order valence-electron chi connectivity index (χ0n) is 13.8. The second-order valence-corrected chi connectivity index (χ2v) is 5.98. The highest BCUT2D eigenvalue weighted by Crippen LogP contribution is 2.24. The lowest BCUT2D eigenvalue weighted by Gasteiger charge is -2.37. The Hall–Kier alpha value is -2.83. The van der Waals surface area contributed by atoms with Crippen LogP contribution >= 0.6 is 0 Å². The lowest BCUT2D eigenvalue weighted by molar-refractivity contribution is 0.0744. The molecule has 1 saturated heterocycles. The van der Waals surface area contributed by atoms with Gasteiger partial charge in [-0.05, 0) is 31.0 Å². The fourth-order valence-corrected chi connectivity index (χ4v) is 2.97. The lowest BCUT2D eigenvalue weighted by atomic mass is 10.1. The quantitative estimate of drug-likeness (QED) is 0.847. The Bertz CT molecular complexity index is 876. The van der Waals surface area contributed by atoms with Crippen molar-refractivity contribution in [1.29, 1.82) is 0 Å². The van der Waals surface area contributed by atoms with Crippen LogP contribution in [0.1, 0.15) is 21.5 Å². The number of H-pyrrole nitrogens is 2. The van der Waals surface area contributed by atoms with E-state index in [1.54, 1.807) is 4.90 Å². The van der Waals surface area contributed by atoms with Crippen molar-refractivity contribution < 1.29 is 4.79 Å². The third-order valence-corrected chi connectivity index (χ3v) is 4.53. The van der Waals surface area contributed by atoms with Crippen LogP contribution in [0.2, 0.25) is 0 Å². The predicted octanol–water partition coefficient (Wildman–Crippen LogP) is 0.642. The minimum Gasteiger partial charge on any atom is -0.368 e. The molecule has 1 aromatic heterocycles. The highest BCUT2D eigenvalue weighted by molar-refractivity contribution is 5.93. The van der Waals surface area contributed by atoms with Crippen LogP contribution in [-0.4, -0.2) is 47.0 Å². The number of nitrogens with one attached hydrogen (secondary N) is 2. The molecule has 2 N–H and O–H groups in total. The minimum absolute atomic E-state index is 0.0326. The normalized spacial score (nSPS) is 14.8. The molecule has 0 bridgehead atoms. The summed E-state index contributed by atoms with van der Waals surface area (Å²) < 4.78 is 0. The number of anilines is 1. The minimum atomic E-state index is -0.652. The number of carbonyl (C=O) groups excluding carboxylic acids is 1. The van der Waals surface area contributed by atoms with Gasteiger partial charge in [0.15, 0.2) is 0 Å². The van der Waals surface area contributed by atoms with Gasteiger partial charge >= 0.3 is 5.69 Å². The van der Waals surface area contributed by atoms with Gasteiger partial charge in [-0.15, -0.1) is 0 Å². The van der Waals surface area contributed by atoms with E-state index in [0.717, 1.165) is 0 Å². The summed E-state index contributed by atoms with van der Waals surface area (Å²) in [5.74, 6) is -0.354. The number of aryl methyl sites for hydroxylation is 1. The topological polar surface area (TPSA) is 89.3 Å². The van der Waals surface area contributed by atoms with E-state index in [1.165, 1.54) is 23.0 Å². The van der Waals surface area contributed by atoms with Crippen molar-refractivity contribution in [2.45, 2.75) is 13.8 Å². The Labute approximate surface area is 138 Å². The maximum atomic E-state index is 12.5. The standard InChI is InChI=1S/C17H20N4O3/c1-11-4-3-5-14(12(11)2)20-6-8-21(9-7-20)16(23)13-10-18-17(24)19-15(13)22/h3-5,10H,6-9H2,1-2H3,(H2,18,19,22,24). The SMILES string of the molecule is Cc1cccc(N2CCN(C(=O)c3c[nH]c(=O)[nH]c3=O)CC2)c1C. The van der Waals surface area contributed by atoms with Crippen molar-refractivity contribution in [3.63, 3.8) is 0 Å². The number of nitrogens with zero attached hydrogens (tertiary/aromatic N) is 2. The first-order chi connectivity index (χ1) is 11.5. The van der Waals surface area contributed by atoms with Crippen LogP contribution in [-0.2, 0) is 0 Å². The van der Waals surface area contributed by atoms with Crippen LogP contribution in [0.25, 0.3) is 0 Å². The molecule has 1 aromatic carbocycles. The number of hydrogen-bond donors (Lipinski definition) is 2. The van der Waals surface area contributed by atoms with E-state index in [1.807, 2.05) is 6.07 Å². The molecule has 2 aromatic rings. The van der Waals surface area contributed by atoms with Crippen molar-refractivity contribution >= 4 is 11.6 Å². The Kier molecular flexibility index (Phi) is 4.24. The summed E-state index contributed by atoms with van der Waals surface area (Å²) in [7, 11) is 0. The molecule has 2 heterocycles. The summed E-state index contributed by atoms with van der Waals surface area (Å²) in [6.45, 7) is 6.66. The molecule has 0 atom stereocenters. The largest absolute Gasteiger partial charge is 0.368 e. The van der Waals surface area contributed by atoms with E-state index in [9.17, 15) is 14.4 Å². The first kappa shape index (κ1) is 16.0. The highest BCUT2D eigenvalue weighted by Gasteiger charge is 2.24. The first-order valence-electron chi connectivity index (χ1n) is 7.90. The van der Waals surface area contributed by atoms with Gasteiger partial charge in [-0.3, -0.25) is 14.6 Å². The van der Waals surface area contributed by atoms with Gasteiger partial charge in [-0.2, -0.15) is 0 Å². The average molecular weight is 328 g/mol. The van der Waals surface area contributed by atoms with Crippen molar-refractivity contribution in [2.24, 2.45) is 0 Å². The summed E-state index contributed by atoms with van der Waals surface area (Å²) in [6.07, 6.45) is 1.18. The van der Waals surface area contributed by atoms with Gasteiger partial charge in [-0.1, -0.05) is 12.1 Å². The number of benzene rings is 1. The summed E-state index contributed by atoms with van der Waals surface area (Å²) in [4.78, 5) is 43.6. The molecule has 1 amide bonds. The molecule has 7 heteroatoms. The van der Waals surface area contributed by atoms with E-state index in [2.05, 4.69) is 40.8 Å². The van der Waals surface area contributed by atoms with Crippen LogP contribution in [0.3, 0.4) is 0 Å². The summed E-state index contributed by atoms with van der Waals surface area (Å²) in [6, 6.07) is 6.21. The Morgan fingerprint density at radius 2 is 1.79 bits per heavy atom. The molecule has 0 spiro atoms. The smallest absolute Gasteiger partial charge is 0.325 e. The molecule has 1 fully saturated rings. The van der Waals surface area contributed by atoms with E-state index >= 15 is 0 Å². The maximum absolute atomic E-state index is 12.5. The third kappa shape index (κ3) is 2.97. The molecule has 1 aliphatic rings. The zero-order chi connectivity index (χ0) is 17.3. The number of amides is 1. The molecule has 7 nitrogen and oxygen atoms in total. The lowest BCUT2D eigenvalue weighted by Crippen LogP contribution is -2.50. The average Bonchev–Trinajstić information content (AvgIpc) is 2.57. The molecule has 0 radical (unpaired) electrons. The van der Waals surface area contributed by atoms with Gasteiger partial charge in [0.2, 0.25) is 0 Å². The maximum Gasteiger partial charge on any atom is 0.325 e. The summed E-state index contributed by atoms with van der Waals surface area (Å²) >= 11 is 0. The van der Waals surface area contributed by atoms with Crippen molar-refractivity contribution in [3.8, 4) is 0 Å². The monoisotopic (exact) mass is 328 g/mol. The number of piperazine rings is 1. The van der Waals surface area contributed by atoms with Crippen LogP contribution in [0, 0.1) is 13.8 Å². The molecule has 0 saturated carbocycles. The molecule has 0 aliphatic carbocycles. The van der Waals surface area contributed by atoms with Gasteiger partial charge in [-0.25, -0.2) is 4.79 Å². The number of carbonyl (C=O) groups is 1. The van der Waals surface area contributed by atoms with Gasteiger partial charge in [0.05, 0.1) is 0 Å². The van der Waals surface area contributed by atoms with Crippen molar-refractivity contribution in [2.75, 3.05) is 31.1 Å². The van der Waals surface area contributed by atoms with Crippen molar-refractivity contribution in [3.05, 3.63) is 61.9 Å². The summed E-state index contributed by atoms with van der Waals surface area (Å²) in [5.41, 5.74) is 2.37. The number of aromatic nitrogens is 2. The molecule has 1 aliphatic heterocycles. The van der Waals surface area contributed by atoms with Crippen molar-refractivity contribution in [1.82, 2.24) is 14.9 Å². The second-order valence-electron chi connectivity index (χ2n) is 5.98. The van der Waals surface area contributed by atoms with E-state index in [0.29, 0.717) is 26.2 Å². The van der Waals surface area contributed by atoms with Gasteiger partial charge in [0.25, 0.3) is 11.5 Å². The van der Waals surface area contributed by atoms with Crippen LogP contribution in [0.4, 0.5) is 5.69 Å². The summed E-state index contributed by atoms with van der Waals surface area (Å²) in [5, 5.41) is 0. The van der Waals surface area contributed by atoms with Crippen LogP contribution in [0.5, 0.6) is 0 Å².